The van der Waals surface area contributed by atoms with E-state index in [0.29, 0.717) is 18.8 Å². The quantitative estimate of drug-likeness (QED) is 0.875. The predicted molar refractivity (Wildman–Crippen MR) is 72.2 cm³/mol. The largest absolute Gasteiger partial charge is 0.372 e. The first kappa shape index (κ1) is 14.1. The first-order valence-electron chi connectivity index (χ1n) is 6.61. The Morgan fingerprint density at radius 3 is 2.29 bits per heavy atom. The molecule has 1 aliphatic rings. The van der Waals surface area contributed by atoms with Gasteiger partial charge in [-0.15, -0.1) is 0 Å². The molecule has 0 aromatic heterocycles. The maximum absolute atomic E-state index is 13.4. The Balaban J connectivity index is 2.02. The fraction of sp³-hybridized carbons (Fsp3) is 0.250. The molecule has 1 N–H and O–H groups in total. The van der Waals surface area contributed by atoms with Gasteiger partial charge in [-0.25, -0.2) is 13.2 Å². The van der Waals surface area contributed by atoms with Gasteiger partial charge in [0.1, 0.15) is 0 Å². The minimum atomic E-state index is -1.45. The van der Waals surface area contributed by atoms with Crippen LogP contribution in [0.15, 0.2) is 30.3 Å². The van der Waals surface area contributed by atoms with Gasteiger partial charge < -0.3 is 10.1 Å². The predicted octanol–water partition coefficient (Wildman–Crippen LogP) is 3.44. The van der Waals surface area contributed by atoms with E-state index >= 15 is 0 Å². The molecule has 3 rings (SSSR count). The van der Waals surface area contributed by atoms with E-state index in [2.05, 4.69) is 5.32 Å². The third kappa shape index (κ3) is 2.54. The van der Waals surface area contributed by atoms with Gasteiger partial charge >= 0.3 is 0 Å². The zero-order valence-electron chi connectivity index (χ0n) is 11.4. The second-order valence-electron chi connectivity index (χ2n) is 5.04. The van der Waals surface area contributed by atoms with Crippen LogP contribution in [0.1, 0.15) is 28.3 Å². The lowest BCUT2D eigenvalue weighted by molar-refractivity contribution is 0.134. The van der Waals surface area contributed by atoms with Crippen molar-refractivity contribution in [3.8, 4) is 0 Å². The van der Waals surface area contributed by atoms with Crippen LogP contribution < -0.4 is 5.32 Å². The van der Waals surface area contributed by atoms with Gasteiger partial charge in [-0.2, -0.15) is 0 Å². The van der Waals surface area contributed by atoms with Crippen molar-refractivity contribution in [2.24, 2.45) is 0 Å². The Morgan fingerprint density at radius 1 is 0.952 bits per heavy atom. The molecule has 0 radical (unpaired) electrons. The summed E-state index contributed by atoms with van der Waals surface area (Å²) in [5.41, 5.74) is 3.38. The maximum Gasteiger partial charge on any atom is 0.194 e. The van der Waals surface area contributed by atoms with Crippen LogP contribution >= 0.6 is 0 Å². The van der Waals surface area contributed by atoms with E-state index in [4.69, 9.17) is 4.74 Å². The molecule has 0 spiro atoms. The van der Waals surface area contributed by atoms with Crippen LogP contribution in [0.2, 0.25) is 0 Å². The van der Waals surface area contributed by atoms with E-state index in [1.165, 1.54) is 0 Å². The van der Waals surface area contributed by atoms with Gasteiger partial charge in [-0.3, -0.25) is 0 Å². The van der Waals surface area contributed by atoms with Gasteiger partial charge in [0.2, 0.25) is 0 Å². The Kier molecular flexibility index (Phi) is 3.69. The van der Waals surface area contributed by atoms with E-state index < -0.39 is 23.5 Å². The van der Waals surface area contributed by atoms with Crippen molar-refractivity contribution >= 4 is 0 Å². The highest BCUT2D eigenvalue weighted by atomic mass is 19.2. The van der Waals surface area contributed by atoms with Crippen molar-refractivity contribution in [3.05, 3.63) is 70.0 Å². The SMILES string of the molecule is CNC(c1cc(F)c(F)c(F)c1)c1ccc2c(c1)COC2. The smallest absolute Gasteiger partial charge is 0.194 e. The van der Waals surface area contributed by atoms with Crippen LogP contribution in [0, 0.1) is 17.5 Å². The van der Waals surface area contributed by atoms with Crippen molar-refractivity contribution in [2.45, 2.75) is 19.3 Å². The monoisotopic (exact) mass is 293 g/mol. The van der Waals surface area contributed by atoms with Crippen LogP contribution in [0.4, 0.5) is 13.2 Å². The standard InChI is InChI=1S/C16H14F3NO/c1-20-16(11-5-13(17)15(19)14(18)6-11)9-2-3-10-7-21-8-12(10)4-9/h2-6,16,20H,7-8H2,1H3. The Morgan fingerprint density at radius 2 is 1.62 bits per heavy atom. The van der Waals surface area contributed by atoms with Gasteiger partial charge in [0, 0.05) is 0 Å². The highest BCUT2D eigenvalue weighted by Crippen LogP contribution is 2.28. The molecule has 1 aliphatic heterocycles. The molecular weight excluding hydrogens is 279 g/mol. The number of hydrogen-bond donors (Lipinski definition) is 1. The normalized spacial score (nSPS) is 15.0. The summed E-state index contributed by atoms with van der Waals surface area (Å²) >= 11 is 0. The maximum atomic E-state index is 13.4. The summed E-state index contributed by atoms with van der Waals surface area (Å²) in [6, 6.07) is 7.39. The summed E-state index contributed by atoms with van der Waals surface area (Å²) in [7, 11) is 1.69. The average molecular weight is 293 g/mol. The topological polar surface area (TPSA) is 21.3 Å². The molecule has 2 aromatic rings. The molecule has 2 nitrogen and oxygen atoms in total. The van der Waals surface area contributed by atoms with Crippen molar-refractivity contribution < 1.29 is 17.9 Å². The van der Waals surface area contributed by atoms with Crippen LogP contribution in [0.25, 0.3) is 0 Å². The molecule has 0 aliphatic carbocycles. The van der Waals surface area contributed by atoms with Gasteiger partial charge in [0.15, 0.2) is 17.5 Å². The minimum absolute atomic E-state index is 0.341. The zero-order valence-corrected chi connectivity index (χ0v) is 11.4. The third-order valence-electron chi connectivity index (χ3n) is 3.71. The molecule has 1 atom stereocenters. The van der Waals surface area contributed by atoms with Crippen LogP contribution in [-0.2, 0) is 18.0 Å². The average Bonchev–Trinajstić information content (AvgIpc) is 2.93. The van der Waals surface area contributed by atoms with Crippen molar-refractivity contribution in [1.82, 2.24) is 5.32 Å². The minimum Gasteiger partial charge on any atom is -0.372 e. The summed E-state index contributed by atoms with van der Waals surface area (Å²) in [5.74, 6) is -3.82. The Hall–Kier alpha value is -1.85. The molecule has 0 fully saturated rings. The second-order valence-corrected chi connectivity index (χ2v) is 5.04. The van der Waals surface area contributed by atoms with Gasteiger partial charge in [-0.1, -0.05) is 18.2 Å². The van der Waals surface area contributed by atoms with Crippen molar-refractivity contribution in [3.63, 3.8) is 0 Å². The number of ether oxygens (including phenoxy) is 1. The molecule has 0 amide bonds. The first-order valence-corrected chi connectivity index (χ1v) is 6.61. The van der Waals surface area contributed by atoms with Crippen molar-refractivity contribution in [2.75, 3.05) is 7.05 Å². The van der Waals surface area contributed by atoms with Gasteiger partial charge in [0.25, 0.3) is 0 Å². The fourth-order valence-electron chi connectivity index (χ4n) is 2.64. The number of hydrogen-bond acceptors (Lipinski definition) is 2. The van der Waals surface area contributed by atoms with Crippen LogP contribution in [-0.4, -0.2) is 7.05 Å². The number of benzene rings is 2. The Bertz CT molecular complexity index is 664. The van der Waals surface area contributed by atoms with Crippen LogP contribution in [0.3, 0.4) is 0 Å². The molecular formula is C16H14F3NO. The molecule has 0 saturated heterocycles. The summed E-state index contributed by atoms with van der Waals surface area (Å²) in [6.45, 7) is 1.12. The van der Waals surface area contributed by atoms with E-state index in [-0.39, 0.29) is 0 Å². The van der Waals surface area contributed by atoms with E-state index in [0.717, 1.165) is 28.8 Å². The lowest BCUT2D eigenvalue weighted by Gasteiger charge is -2.18. The van der Waals surface area contributed by atoms with E-state index in [1.807, 2.05) is 18.2 Å². The second kappa shape index (κ2) is 5.50. The molecule has 2 aromatic carbocycles. The summed E-state index contributed by atoms with van der Waals surface area (Å²) < 4.78 is 45.2. The number of fused-ring (bicyclic) bond motifs is 1. The summed E-state index contributed by atoms with van der Waals surface area (Å²) in [6.07, 6.45) is 0. The fourth-order valence-corrected chi connectivity index (χ4v) is 2.64. The highest BCUT2D eigenvalue weighted by Gasteiger charge is 2.20. The Labute approximate surface area is 120 Å². The van der Waals surface area contributed by atoms with Gasteiger partial charge in [-0.05, 0) is 41.4 Å². The molecule has 5 heteroatoms. The zero-order chi connectivity index (χ0) is 15.0. The van der Waals surface area contributed by atoms with Gasteiger partial charge in [0.05, 0.1) is 19.3 Å². The number of halogens is 3. The lowest BCUT2D eigenvalue weighted by atomic mass is 9.95. The molecule has 1 unspecified atom stereocenters. The van der Waals surface area contributed by atoms with E-state index in [9.17, 15) is 13.2 Å². The first-order chi connectivity index (χ1) is 10.1. The van der Waals surface area contributed by atoms with E-state index in [1.54, 1.807) is 7.05 Å². The van der Waals surface area contributed by atoms with Crippen molar-refractivity contribution in [1.29, 1.82) is 0 Å². The summed E-state index contributed by atoms with van der Waals surface area (Å²) in [5, 5.41) is 3.00. The molecule has 21 heavy (non-hydrogen) atoms. The summed E-state index contributed by atoms with van der Waals surface area (Å²) in [4.78, 5) is 0. The number of nitrogens with one attached hydrogen (secondary N) is 1. The molecule has 0 bridgehead atoms. The highest BCUT2D eigenvalue weighted by molar-refractivity contribution is 5.39. The van der Waals surface area contributed by atoms with Crippen LogP contribution in [0.5, 0.6) is 0 Å². The molecule has 1 heterocycles. The molecule has 0 saturated carbocycles. The lowest BCUT2D eigenvalue weighted by Crippen LogP contribution is -2.18. The number of rotatable bonds is 3. The molecule has 110 valence electrons. The third-order valence-corrected chi connectivity index (χ3v) is 3.71.